The molecule has 0 heterocycles. The molecule has 2 amide bonds. The fourth-order valence-electron chi connectivity index (χ4n) is 2.88. The zero-order valence-electron chi connectivity index (χ0n) is 18.7. The molecule has 0 radical (unpaired) electrons. The van der Waals surface area contributed by atoms with Crippen molar-refractivity contribution in [2.24, 2.45) is 0 Å². The van der Waals surface area contributed by atoms with Crippen LogP contribution in [0.25, 0.3) is 0 Å². The van der Waals surface area contributed by atoms with Gasteiger partial charge in [0.1, 0.15) is 11.5 Å². The minimum absolute atomic E-state index is 0.0803. The summed E-state index contributed by atoms with van der Waals surface area (Å²) in [6.45, 7) is 2.06. The number of amides is 2. The summed E-state index contributed by atoms with van der Waals surface area (Å²) in [5, 5.41) is 3.14. The average molecular weight is 532 g/mol. The van der Waals surface area contributed by atoms with Gasteiger partial charge in [-0.2, -0.15) is 0 Å². The van der Waals surface area contributed by atoms with Crippen molar-refractivity contribution >= 4 is 52.3 Å². The lowest BCUT2D eigenvalue weighted by atomic mass is 10.2. The highest BCUT2D eigenvalue weighted by atomic mass is 35.5. The molecule has 182 valence electrons. The molecule has 3 aromatic carbocycles. The molecule has 3 rings (SSSR count). The number of benzene rings is 3. The number of hydrogen-bond acceptors (Lipinski definition) is 5. The summed E-state index contributed by atoms with van der Waals surface area (Å²) in [4.78, 5) is 24.7. The van der Waals surface area contributed by atoms with Crippen LogP contribution in [0.4, 0.5) is 0 Å². The minimum atomic E-state index is -0.894. The van der Waals surface area contributed by atoms with Crippen molar-refractivity contribution in [2.45, 2.75) is 19.4 Å². The van der Waals surface area contributed by atoms with Crippen LogP contribution in [0, 0.1) is 0 Å². The SMILES string of the molecule is CC(Oc1ccc(Cl)cc1Cl)C(=O)NNC(=S)NC(=O)c1ccc(OCCc2ccccc2)cc1. The fraction of sp³-hybridized carbons (Fsp3) is 0.160. The van der Waals surface area contributed by atoms with Gasteiger partial charge in [-0.05, 0) is 67.2 Å². The molecule has 0 aromatic heterocycles. The Balaban J connectivity index is 1.40. The molecule has 0 bridgehead atoms. The van der Waals surface area contributed by atoms with Gasteiger partial charge >= 0.3 is 0 Å². The predicted molar refractivity (Wildman–Crippen MR) is 140 cm³/mol. The number of thiocarbonyl (C=S) groups is 1. The molecule has 0 saturated heterocycles. The van der Waals surface area contributed by atoms with E-state index >= 15 is 0 Å². The van der Waals surface area contributed by atoms with Crippen LogP contribution in [0.1, 0.15) is 22.8 Å². The molecule has 1 atom stereocenters. The lowest BCUT2D eigenvalue weighted by molar-refractivity contribution is -0.127. The first kappa shape index (κ1) is 26.3. The topological polar surface area (TPSA) is 88.7 Å². The van der Waals surface area contributed by atoms with Crippen LogP contribution in [0.2, 0.25) is 10.0 Å². The lowest BCUT2D eigenvalue weighted by Gasteiger charge is -2.17. The normalized spacial score (nSPS) is 11.2. The van der Waals surface area contributed by atoms with Gasteiger partial charge in [-0.15, -0.1) is 0 Å². The molecule has 35 heavy (non-hydrogen) atoms. The molecule has 3 aromatic rings. The summed E-state index contributed by atoms with van der Waals surface area (Å²) < 4.78 is 11.2. The molecule has 10 heteroatoms. The van der Waals surface area contributed by atoms with E-state index in [9.17, 15) is 9.59 Å². The molecule has 7 nitrogen and oxygen atoms in total. The van der Waals surface area contributed by atoms with Crippen molar-refractivity contribution in [1.29, 1.82) is 0 Å². The van der Waals surface area contributed by atoms with Crippen LogP contribution in [-0.4, -0.2) is 29.6 Å². The Morgan fingerprint density at radius 1 is 0.971 bits per heavy atom. The molecule has 0 aliphatic rings. The summed E-state index contributed by atoms with van der Waals surface area (Å²) in [5.41, 5.74) is 6.41. The van der Waals surface area contributed by atoms with Crippen molar-refractivity contribution in [3.63, 3.8) is 0 Å². The van der Waals surface area contributed by atoms with Gasteiger partial charge in [0.05, 0.1) is 11.6 Å². The van der Waals surface area contributed by atoms with E-state index in [-0.39, 0.29) is 10.1 Å². The van der Waals surface area contributed by atoms with Crippen molar-refractivity contribution in [1.82, 2.24) is 16.2 Å². The second-order valence-electron chi connectivity index (χ2n) is 7.34. The highest BCUT2D eigenvalue weighted by molar-refractivity contribution is 7.80. The third kappa shape index (κ3) is 8.43. The molecule has 0 aliphatic heterocycles. The summed E-state index contributed by atoms with van der Waals surface area (Å²) in [7, 11) is 0. The maximum atomic E-state index is 12.4. The van der Waals surface area contributed by atoms with Crippen LogP contribution >= 0.6 is 35.4 Å². The number of halogens is 2. The van der Waals surface area contributed by atoms with Crippen LogP contribution in [0.15, 0.2) is 72.8 Å². The summed E-state index contributed by atoms with van der Waals surface area (Å²) in [6, 6.07) is 21.4. The third-order valence-electron chi connectivity index (χ3n) is 4.71. The highest BCUT2D eigenvalue weighted by Gasteiger charge is 2.17. The van der Waals surface area contributed by atoms with E-state index in [0.29, 0.717) is 28.7 Å². The number of nitrogens with one attached hydrogen (secondary N) is 3. The summed E-state index contributed by atoms with van der Waals surface area (Å²) in [5.74, 6) is -0.00300. The summed E-state index contributed by atoms with van der Waals surface area (Å²) in [6.07, 6.45) is -0.111. The third-order valence-corrected chi connectivity index (χ3v) is 5.45. The molecular formula is C25H23Cl2N3O4S. The quantitative estimate of drug-likeness (QED) is 0.288. The maximum absolute atomic E-state index is 12.4. The first-order valence-corrected chi connectivity index (χ1v) is 11.8. The van der Waals surface area contributed by atoms with E-state index in [1.165, 1.54) is 18.6 Å². The van der Waals surface area contributed by atoms with E-state index in [1.54, 1.807) is 36.4 Å². The van der Waals surface area contributed by atoms with Gasteiger partial charge in [-0.3, -0.25) is 25.8 Å². The first-order valence-electron chi connectivity index (χ1n) is 10.6. The Morgan fingerprint density at radius 3 is 2.37 bits per heavy atom. The highest BCUT2D eigenvalue weighted by Crippen LogP contribution is 2.28. The van der Waals surface area contributed by atoms with Crippen molar-refractivity contribution in [2.75, 3.05) is 6.61 Å². The minimum Gasteiger partial charge on any atom is -0.493 e. The Bertz CT molecular complexity index is 1180. The van der Waals surface area contributed by atoms with Crippen LogP contribution in [-0.2, 0) is 11.2 Å². The monoisotopic (exact) mass is 531 g/mol. The van der Waals surface area contributed by atoms with Gasteiger partial charge in [-0.25, -0.2) is 0 Å². The first-order chi connectivity index (χ1) is 16.8. The molecule has 1 unspecified atom stereocenters. The number of rotatable bonds is 8. The summed E-state index contributed by atoms with van der Waals surface area (Å²) >= 11 is 17.0. The Morgan fingerprint density at radius 2 is 1.69 bits per heavy atom. The van der Waals surface area contributed by atoms with E-state index < -0.39 is 17.9 Å². The van der Waals surface area contributed by atoms with Gasteiger partial charge in [0.25, 0.3) is 11.8 Å². The van der Waals surface area contributed by atoms with E-state index in [1.807, 2.05) is 30.3 Å². The number of ether oxygens (including phenoxy) is 2. The van der Waals surface area contributed by atoms with Gasteiger partial charge in [0, 0.05) is 17.0 Å². The van der Waals surface area contributed by atoms with Crippen LogP contribution in [0.5, 0.6) is 11.5 Å². The number of carbonyl (C=O) groups excluding carboxylic acids is 2. The molecule has 0 fully saturated rings. The van der Waals surface area contributed by atoms with Crippen LogP contribution < -0.4 is 25.6 Å². The Hall–Kier alpha value is -3.33. The van der Waals surface area contributed by atoms with E-state index in [2.05, 4.69) is 16.2 Å². The number of hydrogen-bond donors (Lipinski definition) is 3. The van der Waals surface area contributed by atoms with Crippen molar-refractivity contribution in [3.8, 4) is 11.5 Å². The molecule has 0 saturated carbocycles. The predicted octanol–water partition coefficient (Wildman–Crippen LogP) is 4.72. The molecular weight excluding hydrogens is 509 g/mol. The molecule has 3 N–H and O–H groups in total. The van der Waals surface area contributed by atoms with Gasteiger partial charge in [0.15, 0.2) is 11.2 Å². The average Bonchev–Trinajstić information content (AvgIpc) is 2.85. The van der Waals surface area contributed by atoms with Crippen LogP contribution in [0.3, 0.4) is 0 Å². The van der Waals surface area contributed by atoms with E-state index in [0.717, 1.165) is 6.42 Å². The largest absolute Gasteiger partial charge is 0.493 e. The second kappa shape index (κ2) is 12.9. The fourth-order valence-corrected chi connectivity index (χ4v) is 3.47. The number of hydrazine groups is 1. The standard InChI is InChI=1S/C25H23Cl2N3O4S/c1-16(34-22-12-9-19(26)15-21(22)27)23(31)29-30-25(35)28-24(32)18-7-10-20(11-8-18)33-14-13-17-5-3-2-4-6-17/h2-12,15-16H,13-14H2,1H3,(H,29,31)(H2,28,30,32,35). The second-order valence-corrected chi connectivity index (χ2v) is 8.59. The lowest BCUT2D eigenvalue weighted by Crippen LogP contribution is -2.51. The van der Waals surface area contributed by atoms with Crippen molar-refractivity contribution in [3.05, 3.63) is 94.0 Å². The Labute approximate surface area is 218 Å². The van der Waals surface area contributed by atoms with E-state index in [4.69, 9.17) is 44.9 Å². The number of carbonyl (C=O) groups is 2. The maximum Gasteiger partial charge on any atom is 0.279 e. The molecule has 0 spiro atoms. The Kier molecular flexibility index (Phi) is 9.72. The smallest absolute Gasteiger partial charge is 0.279 e. The van der Waals surface area contributed by atoms with Gasteiger partial charge in [-0.1, -0.05) is 53.5 Å². The molecule has 0 aliphatic carbocycles. The van der Waals surface area contributed by atoms with Crippen molar-refractivity contribution < 1.29 is 19.1 Å². The zero-order valence-corrected chi connectivity index (χ0v) is 21.0. The van der Waals surface area contributed by atoms with Gasteiger partial charge in [0.2, 0.25) is 0 Å². The van der Waals surface area contributed by atoms with Gasteiger partial charge < -0.3 is 9.47 Å². The zero-order chi connectivity index (χ0) is 25.2.